The fourth-order valence-electron chi connectivity index (χ4n) is 2.62. The lowest BCUT2D eigenvalue weighted by Gasteiger charge is -2.32. The first kappa shape index (κ1) is 15.4. The van der Waals surface area contributed by atoms with Gasteiger partial charge in [-0.2, -0.15) is 0 Å². The molecule has 23 heavy (non-hydrogen) atoms. The normalized spacial score (nSPS) is 13.9. The van der Waals surface area contributed by atoms with E-state index in [0.717, 1.165) is 30.9 Å². The second-order valence-electron chi connectivity index (χ2n) is 5.55. The van der Waals surface area contributed by atoms with E-state index in [1.54, 1.807) is 6.20 Å². The predicted octanol–water partition coefficient (Wildman–Crippen LogP) is 2.32. The van der Waals surface area contributed by atoms with E-state index in [-0.39, 0.29) is 5.43 Å². The number of pyridine rings is 1. The minimum absolute atomic E-state index is 0.0837. The highest BCUT2D eigenvalue weighted by atomic mass is 16.5. The van der Waals surface area contributed by atoms with Gasteiger partial charge < -0.3 is 10.2 Å². The molecule has 0 radical (unpaired) electrons. The molecule has 0 saturated carbocycles. The molecule has 1 aliphatic heterocycles. The van der Waals surface area contributed by atoms with E-state index in [2.05, 4.69) is 16.9 Å². The minimum Gasteiger partial charge on any atom is -0.483 e. The summed E-state index contributed by atoms with van der Waals surface area (Å²) in [4.78, 5) is 14.5. The van der Waals surface area contributed by atoms with Crippen LogP contribution in [0.1, 0.15) is 17.7 Å². The largest absolute Gasteiger partial charge is 0.483 e. The average Bonchev–Trinajstić information content (AvgIpc) is 2.60. The van der Waals surface area contributed by atoms with Crippen LogP contribution in [0.3, 0.4) is 0 Å². The fourth-order valence-corrected chi connectivity index (χ4v) is 2.62. The van der Waals surface area contributed by atoms with Crippen LogP contribution in [0.25, 0.3) is 0 Å². The van der Waals surface area contributed by atoms with Crippen molar-refractivity contribution < 1.29 is 4.74 Å². The highest BCUT2D eigenvalue weighted by Gasteiger charge is 2.20. The molecular formula is C18H21N3O2. The number of rotatable bonds is 6. The number of aromatic nitrogens is 1. The van der Waals surface area contributed by atoms with E-state index in [4.69, 9.17) is 4.74 Å². The Balaban J connectivity index is 1.80. The van der Waals surface area contributed by atoms with E-state index in [1.165, 1.54) is 6.07 Å². The molecule has 1 aliphatic rings. The molecule has 0 saturated heterocycles. The molecule has 0 aliphatic carbocycles. The molecule has 3 rings (SSSR count). The van der Waals surface area contributed by atoms with Gasteiger partial charge in [0.15, 0.2) is 5.75 Å². The minimum atomic E-state index is -0.0837. The Morgan fingerprint density at radius 2 is 2.09 bits per heavy atom. The Labute approximate surface area is 135 Å². The number of nitrogens with one attached hydrogen (secondary N) is 1. The fraction of sp³-hybridized carbons (Fsp3) is 0.278. The molecule has 5 nitrogen and oxygen atoms in total. The standard InChI is InChI=1S/C18H21N3O2/c1-2-3-10-20-12-16-18(17(22)9-11-21(16)19-14-20)23-13-15-7-5-4-6-8-15/h2,4-9,11,19H,1,3,10,12-14H2. The number of ether oxygens (including phenoxy) is 1. The Morgan fingerprint density at radius 3 is 2.87 bits per heavy atom. The van der Waals surface area contributed by atoms with E-state index in [9.17, 15) is 4.79 Å². The average molecular weight is 311 g/mol. The van der Waals surface area contributed by atoms with Crippen LogP contribution < -0.4 is 15.6 Å². The summed E-state index contributed by atoms with van der Waals surface area (Å²) in [5.74, 6) is 0.423. The first-order valence-corrected chi connectivity index (χ1v) is 7.76. The maximum atomic E-state index is 12.2. The van der Waals surface area contributed by atoms with Gasteiger partial charge in [0.25, 0.3) is 0 Å². The van der Waals surface area contributed by atoms with Crippen molar-refractivity contribution in [3.63, 3.8) is 0 Å². The Bertz CT molecular complexity index is 725. The SMILES string of the molecule is C=CCCN1CNn2ccc(=O)c(OCc3ccccc3)c2C1. The van der Waals surface area contributed by atoms with Crippen LogP contribution >= 0.6 is 0 Å². The molecule has 5 heteroatoms. The summed E-state index contributed by atoms with van der Waals surface area (Å²) in [6.07, 6.45) is 4.58. The molecule has 2 aromatic rings. The lowest BCUT2D eigenvalue weighted by molar-refractivity contribution is 0.232. The van der Waals surface area contributed by atoms with E-state index in [0.29, 0.717) is 18.9 Å². The second kappa shape index (κ2) is 7.15. The summed E-state index contributed by atoms with van der Waals surface area (Å²) in [5.41, 5.74) is 5.10. The van der Waals surface area contributed by atoms with Gasteiger partial charge in [-0.3, -0.25) is 14.4 Å². The molecular weight excluding hydrogens is 290 g/mol. The first-order valence-electron chi connectivity index (χ1n) is 7.76. The van der Waals surface area contributed by atoms with E-state index >= 15 is 0 Å². The van der Waals surface area contributed by atoms with Crippen LogP contribution in [0.2, 0.25) is 0 Å². The first-order chi connectivity index (χ1) is 11.3. The molecule has 0 unspecified atom stereocenters. The van der Waals surface area contributed by atoms with Gasteiger partial charge in [-0.25, -0.2) is 0 Å². The molecule has 1 aromatic carbocycles. The molecule has 0 bridgehead atoms. The van der Waals surface area contributed by atoms with Crippen molar-refractivity contribution in [2.75, 3.05) is 18.6 Å². The van der Waals surface area contributed by atoms with Crippen molar-refractivity contribution in [3.8, 4) is 5.75 Å². The van der Waals surface area contributed by atoms with E-state index in [1.807, 2.05) is 41.1 Å². The van der Waals surface area contributed by atoms with Gasteiger partial charge in [0, 0.05) is 25.4 Å². The van der Waals surface area contributed by atoms with Crippen LogP contribution in [-0.2, 0) is 13.2 Å². The van der Waals surface area contributed by atoms with Crippen LogP contribution in [-0.4, -0.2) is 22.8 Å². The van der Waals surface area contributed by atoms with Gasteiger partial charge >= 0.3 is 0 Å². The van der Waals surface area contributed by atoms with Gasteiger partial charge in [0.2, 0.25) is 5.43 Å². The van der Waals surface area contributed by atoms with Gasteiger partial charge in [0.05, 0.1) is 12.4 Å². The Hall–Kier alpha value is -2.53. The van der Waals surface area contributed by atoms with Crippen LogP contribution in [0.15, 0.2) is 60.0 Å². The van der Waals surface area contributed by atoms with Crippen molar-refractivity contribution in [1.82, 2.24) is 9.58 Å². The monoisotopic (exact) mass is 311 g/mol. The number of fused-ring (bicyclic) bond motifs is 1. The van der Waals surface area contributed by atoms with Crippen LogP contribution in [0.4, 0.5) is 0 Å². The van der Waals surface area contributed by atoms with Gasteiger partial charge in [-0.05, 0) is 12.0 Å². The summed E-state index contributed by atoms with van der Waals surface area (Å²) in [7, 11) is 0. The van der Waals surface area contributed by atoms with Gasteiger partial charge in [-0.15, -0.1) is 6.58 Å². The highest BCUT2D eigenvalue weighted by Crippen LogP contribution is 2.19. The van der Waals surface area contributed by atoms with Crippen molar-refractivity contribution in [1.29, 1.82) is 0 Å². The van der Waals surface area contributed by atoms with Crippen LogP contribution in [0.5, 0.6) is 5.75 Å². The van der Waals surface area contributed by atoms with Crippen molar-refractivity contribution >= 4 is 0 Å². The third-order valence-electron chi connectivity index (χ3n) is 3.87. The second-order valence-corrected chi connectivity index (χ2v) is 5.55. The molecule has 0 atom stereocenters. The molecule has 0 amide bonds. The quantitative estimate of drug-likeness (QED) is 0.832. The van der Waals surface area contributed by atoms with Gasteiger partial charge in [0.1, 0.15) is 6.61 Å². The molecule has 120 valence electrons. The zero-order valence-corrected chi connectivity index (χ0v) is 13.1. The summed E-state index contributed by atoms with van der Waals surface area (Å²) in [6, 6.07) is 11.4. The predicted molar refractivity (Wildman–Crippen MR) is 90.9 cm³/mol. The third-order valence-corrected chi connectivity index (χ3v) is 3.87. The number of benzene rings is 1. The topological polar surface area (TPSA) is 46.5 Å². The van der Waals surface area contributed by atoms with Gasteiger partial charge in [-0.1, -0.05) is 36.4 Å². The Morgan fingerprint density at radius 1 is 1.26 bits per heavy atom. The maximum Gasteiger partial charge on any atom is 0.223 e. The number of hydrogen-bond donors (Lipinski definition) is 1. The molecule has 2 heterocycles. The lowest BCUT2D eigenvalue weighted by Crippen LogP contribution is -2.41. The zero-order valence-electron chi connectivity index (χ0n) is 13.1. The van der Waals surface area contributed by atoms with Crippen LogP contribution in [0, 0.1) is 0 Å². The summed E-state index contributed by atoms with van der Waals surface area (Å²) in [6.45, 7) is 6.47. The Kier molecular flexibility index (Phi) is 4.78. The van der Waals surface area contributed by atoms with Crippen molar-refractivity contribution in [2.45, 2.75) is 19.6 Å². The summed E-state index contributed by atoms with van der Waals surface area (Å²) < 4.78 is 7.73. The molecule has 0 spiro atoms. The third kappa shape index (κ3) is 3.63. The van der Waals surface area contributed by atoms with Crippen molar-refractivity contribution in [2.24, 2.45) is 0 Å². The molecule has 1 N–H and O–H groups in total. The maximum absolute atomic E-state index is 12.2. The number of nitrogens with zero attached hydrogens (tertiary/aromatic N) is 2. The molecule has 0 fully saturated rings. The van der Waals surface area contributed by atoms with Crippen molar-refractivity contribution in [3.05, 3.63) is 76.7 Å². The lowest BCUT2D eigenvalue weighted by atomic mass is 10.2. The zero-order chi connectivity index (χ0) is 16.1. The summed E-state index contributed by atoms with van der Waals surface area (Å²) >= 11 is 0. The van der Waals surface area contributed by atoms with E-state index < -0.39 is 0 Å². The smallest absolute Gasteiger partial charge is 0.223 e. The molecule has 1 aromatic heterocycles. The highest BCUT2D eigenvalue weighted by molar-refractivity contribution is 5.30. The summed E-state index contributed by atoms with van der Waals surface area (Å²) in [5, 5.41) is 0. The number of hydrogen-bond acceptors (Lipinski definition) is 4.